The second-order valence-corrected chi connectivity index (χ2v) is 6.79. The van der Waals surface area contributed by atoms with E-state index in [-0.39, 0.29) is 18.4 Å². The predicted molar refractivity (Wildman–Crippen MR) is 89.3 cm³/mol. The average molecular weight is 318 g/mol. The Morgan fingerprint density at radius 2 is 2.00 bits per heavy atom. The number of hydrogen-bond donors (Lipinski definition) is 2. The molecule has 2 N–H and O–H groups in total. The maximum atomic E-state index is 12.2. The first kappa shape index (κ1) is 16.6. The molecule has 0 aliphatic rings. The van der Waals surface area contributed by atoms with Crippen LogP contribution in [-0.2, 0) is 6.42 Å². The molecular weight excluding hydrogens is 296 g/mol. The van der Waals surface area contributed by atoms with E-state index in [0.717, 1.165) is 17.1 Å². The van der Waals surface area contributed by atoms with Gasteiger partial charge in [0.15, 0.2) is 0 Å². The van der Waals surface area contributed by atoms with Crippen molar-refractivity contribution in [3.8, 4) is 0 Å². The maximum Gasteiger partial charge on any atom is 0.263 e. The van der Waals surface area contributed by atoms with Gasteiger partial charge in [-0.3, -0.25) is 4.79 Å². The van der Waals surface area contributed by atoms with Gasteiger partial charge < -0.3 is 10.4 Å². The lowest BCUT2D eigenvalue weighted by Crippen LogP contribution is -2.34. The van der Waals surface area contributed by atoms with Crippen LogP contribution in [0, 0.1) is 12.8 Å². The Morgan fingerprint density at radius 3 is 2.64 bits per heavy atom. The molecule has 0 saturated carbocycles. The highest BCUT2D eigenvalue weighted by Crippen LogP contribution is 2.20. The van der Waals surface area contributed by atoms with Gasteiger partial charge >= 0.3 is 0 Å². The lowest BCUT2D eigenvalue weighted by Gasteiger charge is -2.14. The zero-order valence-corrected chi connectivity index (χ0v) is 14.0. The van der Waals surface area contributed by atoms with E-state index in [2.05, 4.69) is 22.4 Å². The Bertz CT molecular complexity index is 623. The van der Waals surface area contributed by atoms with Crippen molar-refractivity contribution in [1.29, 1.82) is 0 Å². The van der Waals surface area contributed by atoms with Crippen LogP contribution in [-0.4, -0.2) is 28.6 Å². The van der Waals surface area contributed by atoms with Crippen molar-refractivity contribution in [2.24, 2.45) is 5.92 Å². The number of benzene rings is 1. The van der Waals surface area contributed by atoms with Gasteiger partial charge in [0.1, 0.15) is 4.88 Å². The molecule has 0 aliphatic heterocycles. The fourth-order valence-corrected chi connectivity index (χ4v) is 3.04. The number of aliphatic hydroxyl groups is 1. The highest BCUT2D eigenvalue weighted by atomic mass is 32.1. The quantitative estimate of drug-likeness (QED) is 0.861. The van der Waals surface area contributed by atoms with Crippen molar-refractivity contribution < 1.29 is 9.90 Å². The van der Waals surface area contributed by atoms with E-state index in [0.29, 0.717) is 4.88 Å². The summed E-state index contributed by atoms with van der Waals surface area (Å²) in [7, 11) is 0. The van der Waals surface area contributed by atoms with E-state index >= 15 is 0 Å². The van der Waals surface area contributed by atoms with Crippen molar-refractivity contribution >= 4 is 17.2 Å². The number of aryl methyl sites for hydroxylation is 1. The van der Waals surface area contributed by atoms with Crippen LogP contribution in [0.5, 0.6) is 0 Å². The molecule has 1 aromatic carbocycles. The highest BCUT2D eigenvalue weighted by Gasteiger charge is 2.17. The largest absolute Gasteiger partial charge is 0.391 e. The van der Waals surface area contributed by atoms with Gasteiger partial charge in [-0.15, -0.1) is 11.3 Å². The number of nitrogens with zero attached hydrogens (tertiary/aromatic N) is 1. The normalized spacial score (nSPS) is 12.4. The first-order valence-electron chi connectivity index (χ1n) is 7.44. The van der Waals surface area contributed by atoms with Gasteiger partial charge in [-0.2, -0.15) is 0 Å². The lowest BCUT2D eigenvalue weighted by molar-refractivity contribution is 0.0874. The van der Waals surface area contributed by atoms with E-state index in [1.54, 1.807) is 0 Å². The average Bonchev–Trinajstić information content (AvgIpc) is 2.86. The summed E-state index contributed by atoms with van der Waals surface area (Å²) >= 11 is 1.42. The number of hydrogen-bond acceptors (Lipinski definition) is 4. The minimum absolute atomic E-state index is 0.122. The predicted octanol–water partition coefficient (Wildman–Crippen LogP) is 2.79. The minimum atomic E-state index is -0.527. The van der Waals surface area contributed by atoms with Crippen LogP contribution in [0.3, 0.4) is 0 Å². The summed E-state index contributed by atoms with van der Waals surface area (Å²) in [4.78, 5) is 17.3. The Labute approximate surface area is 135 Å². The minimum Gasteiger partial charge on any atom is -0.391 e. The molecule has 1 unspecified atom stereocenters. The fraction of sp³-hybridized carbons (Fsp3) is 0.412. The standard InChI is InChI=1S/C17H22N2O2S/c1-11(2)14(20)10-18-17(21)16-12(3)19-15(22-16)9-13-7-5-4-6-8-13/h4-8,11,14,20H,9-10H2,1-3H3,(H,18,21). The Morgan fingerprint density at radius 1 is 1.32 bits per heavy atom. The van der Waals surface area contributed by atoms with Crippen LogP contribution in [0.25, 0.3) is 0 Å². The van der Waals surface area contributed by atoms with Crippen LogP contribution in [0.2, 0.25) is 0 Å². The molecule has 0 radical (unpaired) electrons. The Kier molecular flexibility index (Phi) is 5.69. The molecule has 5 heteroatoms. The molecule has 0 fully saturated rings. The zero-order valence-electron chi connectivity index (χ0n) is 13.2. The molecule has 118 valence electrons. The molecule has 0 aliphatic carbocycles. The number of aliphatic hydroxyl groups excluding tert-OH is 1. The molecule has 0 spiro atoms. The zero-order chi connectivity index (χ0) is 16.1. The van der Waals surface area contributed by atoms with Crippen LogP contribution in [0.4, 0.5) is 0 Å². The van der Waals surface area contributed by atoms with Crippen molar-refractivity contribution in [3.05, 3.63) is 51.5 Å². The third kappa shape index (κ3) is 4.39. The third-order valence-corrected chi connectivity index (χ3v) is 4.64. The monoisotopic (exact) mass is 318 g/mol. The third-order valence-electron chi connectivity index (χ3n) is 3.49. The molecule has 4 nitrogen and oxygen atoms in total. The molecule has 1 atom stereocenters. The van der Waals surface area contributed by atoms with Gasteiger partial charge in [-0.25, -0.2) is 4.98 Å². The first-order chi connectivity index (χ1) is 10.5. The molecular formula is C17H22N2O2S. The topological polar surface area (TPSA) is 62.2 Å². The first-order valence-corrected chi connectivity index (χ1v) is 8.25. The van der Waals surface area contributed by atoms with Gasteiger partial charge in [0.05, 0.1) is 16.8 Å². The summed E-state index contributed by atoms with van der Waals surface area (Å²) in [5.74, 6) is -0.0366. The summed E-state index contributed by atoms with van der Waals surface area (Å²) in [6.07, 6.45) is 0.204. The molecule has 2 aromatic rings. The SMILES string of the molecule is Cc1nc(Cc2ccccc2)sc1C(=O)NCC(O)C(C)C. The highest BCUT2D eigenvalue weighted by molar-refractivity contribution is 7.13. The van der Waals surface area contributed by atoms with Gasteiger partial charge in [0.2, 0.25) is 0 Å². The second-order valence-electron chi connectivity index (χ2n) is 5.71. The van der Waals surface area contributed by atoms with Gasteiger partial charge in [-0.05, 0) is 18.4 Å². The molecule has 0 bridgehead atoms. The molecule has 1 aromatic heterocycles. The van der Waals surface area contributed by atoms with E-state index in [4.69, 9.17) is 0 Å². The second kappa shape index (κ2) is 7.51. The fourth-order valence-electron chi connectivity index (χ4n) is 2.02. The van der Waals surface area contributed by atoms with Crippen LogP contribution in [0.15, 0.2) is 30.3 Å². The van der Waals surface area contributed by atoms with Crippen molar-refractivity contribution in [1.82, 2.24) is 10.3 Å². The van der Waals surface area contributed by atoms with Gasteiger partial charge in [0, 0.05) is 13.0 Å². The van der Waals surface area contributed by atoms with Crippen molar-refractivity contribution in [2.45, 2.75) is 33.3 Å². The van der Waals surface area contributed by atoms with E-state index in [9.17, 15) is 9.90 Å². The van der Waals surface area contributed by atoms with Crippen molar-refractivity contribution in [3.63, 3.8) is 0 Å². The van der Waals surface area contributed by atoms with Crippen LogP contribution < -0.4 is 5.32 Å². The summed E-state index contributed by atoms with van der Waals surface area (Å²) < 4.78 is 0. The molecule has 1 heterocycles. The van der Waals surface area contributed by atoms with E-state index < -0.39 is 6.10 Å². The summed E-state index contributed by atoms with van der Waals surface area (Å²) in [6, 6.07) is 10.1. The van der Waals surface area contributed by atoms with E-state index in [1.807, 2.05) is 39.0 Å². The molecule has 22 heavy (non-hydrogen) atoms. The summed E-state index contributed by atoms with van der Waals surface area (Å²) in [6.45, 7) is 5.96. The van der Waals surface area contributed by atoms with Crippen LogP contribution in [0.1, 0.15) is 39.8 Å². The summed E-state index contributed by atoms with van der Waals surface area (Å²) in [5.41, 5.74) is 1.92. The number of carbonyl (C=O) groups is 1. The number of nitrogens with one attached hydrogen (secondary N) is 1. The molecule has 1 amide bonds. The van der Waals surface area contributed by atoms with Gasteiger partial charge in [0.25, 0.3) is 5.91 Å². The number of amides is 1. The molecule has 2 rings (SSSR count). The Balaban J connectivity index is 2.01. The van der Waals surface area contributed by atoms with Crippen LogP contribution >= 0.6 is 11.3 Å². The number of carbonyl (C=O) groups excluding carboxylic acids is 1. The van der Waals surface area contributed by atoms with Crippen molar-refractivity contribution in [2.75, 3.05) is 6.54 Å². The maximum absolute atomic E-state index is 12.2. The lowest BCUT2D eigenvalue weighted by atomic mass is 10.1. The molecule has 0 saturated heterocycles. The van der Waals surface area contributed by atoms with E-state index in [1.165, 1.54) is 16.9 Å². The number of aromatic nitrogens is 1. The number of rotatable bonds is 6. The smallest absolute Gasteiger partial charge is 0.263 e. The number of thiazole rings is 1. The van der Waals surface area contributed by atoms with Gasteiger partial charge in [-0.1, -0.05) is 44.2 Å². The summed E-state index contributed by atoms with van der Waals surface area (Å²) in [5, 5.41) is 13.5. The Hall–Kier alpha value is -1.72.